The van der Waals surface area contributed by atoms with Gasteiger partial charge >= 0.3 is 0 Å². The van der Waals surface area contributed by atoms with Crippen molar-refractivity contribution in [2.45, 2.75) is 47.9 Å². The normalized spacial score (nSPS) is 21.7. The van der Waals surface area contributed by atoms with Crippen LogP contribution in [0.4, 0.5) is 0 Å². The second-order valence-electron chi connectivity index (χ2n) is 7.29. The first-order valence-corrected chi connectivity index (χ1v) is 12.2. The van der Waals surface area contributed by atoms with Crippen molar-refractivity contribution in [3.63, 3.8) is 0 Å². The van der Waals surface area contributed by atoms with Crippen LogP contribution in [0, 0.1) is 0 Å². The van der Waals surface area contributed by atoms with Crippen LogP contribution in [0.5, 0.6) is 0 Å². The lowest BCUT2D eigenvalue weighted by Crippen LogP contribution is -3.12. The summed E-state index contributed by atoms with van der Waals surface area (Å²) in [4.78, 5) is 1.57. The van der Waals surface area contributed by atoms with Gasteiger partial charge < -0.3 is 4.90 Å². The Balaban J connectivity index is 1.73. The summed E-state index contributed by atoms with van der Waals surface area (Å²) in [6.45, 7) is 2.52. The molecule has 1 saturated heterocycles. The van der Waals surface area contributed by atoms with Gasteiger partial charge in [-0.2, -0.15) is 4.31 Å². The second-order valence-corrected chi connectivity index (χ2v) is 10.9. The van der Waals surface area contributed by atoms with Crippen molar-refractivity contribution in [3.8, 4) is 0 Å². The van der Waals surface area contributed by atoms with E-state index in [2.05, 4.69) is 4.72 Å². The molecule has 0 unspecified atom stereocenters. The van der Waals surface area contributed by atoms with Gasteiger partial charge in [0.1, 0.15) is 0 Å². The van der Waals surface area contributed by atoms with Gasteiger partial charge in [-0.15, -0.1) is 0 Å². The van der Waals surface area contributed by atoms with E-state index >= 15 is 0 Å². The molecule has 2 N–H and O–H groups in total. The maximum Gasteiger partial charge on any atom is 0.243 e. The lowest BCUT2D eigenvalue weighted by Gasteiger charge is -2.29. The van der Waals surface area contributed by atoms with E-state index in [9.17, 15) is 16.8 Å². The zero-order chi connectivity index (χ0) is 18.8. The monoisotopic (exact) mass is 402 g/mol. The Labute approximate surface area is 156 Å². The Hall–Kier alpha value is -1.00. The highest BCUT2D eigenvalue weighted by atomic mass is 32.2. The number of sulfonamides is 2. The molecule has 7 nitrogen and oxygen atoms in total. The van der Waals surface area contributed by atoms with Crippen LogP contribution < -0.4 is 9.62 Å². The first-order valence-electron chi connectivity index (χ1n) is 9.23. The topological polar surface area (TPSA) is 88.0 Å². The van der Waals surface area contributed by atoms with Crippen LogP contribution >= 0.6 is 0 Å². The number of hydrogen-bond donors (Lipinski definition) is 2. The van der Waals surface area contributed by atoms with Gasteiger partial charge in [-0.05, 0) is 37.1 Å². The minimum atomic E-state index is -3.62. The summed E-state index contributed by atoms with van der Waals surface area (Å²) in [6.07, 6.45) is 4.95. The lowest BCUT2D eigenvalue weighted by molar-refractivity contribution is -0.883. The van der Waals surface area contributed by atoms with E-state index in [1.807, 2.05) is 7.05 Å². The van der Waals surface area contributed by atoms with Crippen molar-refractivity contribution < 1.29 is 21.7 Å². The highest BCUT2D eigenvalue weighted by molar-refractivity contribution is 7.89. The van der Waals surface area contributed by atoms with Gasteiger partial charge in [0.25, 0.3) is 0 Å². The molecule has 1 aromatic carbocycles. The fraction of sp³-hybridized carbons (Fsp3) is 0.647. The number of likely N-dealkylation sites (N-methyl/N-ethyl adjacent to an activating group) is 1. The number of nitrogens with one attached hydrogen (secondary N) is 2. The van der Waals surface area contributed by atoms with Crippen molar-refractivity contribution in [1.29, 1.82) is 0 Å². The molecule has 3 rings (SSSR count). The van der Waals surface area contributed by atoms with Gasteiger partial charge in [0, 0.05) is 6.04 Å². The van der Waals surface area contributed by atoms with Crippen LogP contribution in [0.3, 0.4) is 0 Å². The molecule has 1 saturated carbocycles. The standard InChI is InChI=1S/C17H27N3O4S2/c1-19-11-13-20(14-12-19)26(23,24)17-9-7-16(8-10-17)25(21,22)18-15-5-3-2-4-6-15/h7-10,15,18H,2-6,11-14H2,1H3/p+1. The average molecular weight is 403 g/mol. The molecule has 1 aliphatic heterocycles. The van der Waals surface area contributed by atoms with E-state index < -0.39 is 20.0 Å². The lowest BCUT2D eigenvalue weighted by atomic mass is 9.96. The van der Waals surface area contributed by atoms with E-state index in [-0.39, 0.29) is 15.8 Å². The smallest absolute Gasteiger partial charge is 0.243 e. The third kappa shape index (κ3) is 4.45. The number of rotatable bonds is 5. The summed E-state index contributed by atoms with van der Waals surface area (Å²) < 4.78 is 54.7. The Morgan fingerprint density at radius 2 is 1.46 bits per heavy atom. The van der Waals surface area contributed by atoms with E-state index in [4.69, 9.17) is 0 Å². The maximum atomic E-state index is 12.7. The quantitative estimate of drug-likeness (QED) is 0.715. The number of piperazine rings is 1. The molecular weight excluding hydrogens is 374 g/mol. The predicted octanol–water partition coefficient (Wildman–Crippen LogP) is -0.183. The Morgan fingerprint density at radius 1 is 0.923 bits per heavy atom. The van der Waals surface area contributed by atoms with Crippen LogP contribution in [-0.2, 0) is 20.0 Å². The molecule has 0 aromatic heterocycles. The highest BCUT2D eigenvalue weighted by Gasteiger charge is 2.29. The molecule has 1 aromatic rings. The first-order chi connectivity index (χ1) is 12.3. The van der Waals surface area contributed by atoms with Crippen LogP contribution in [0.15, 0.2) is 34.1 Å². The maximum absolute atomic E-state index is 12.7. The van der Waals surface area contributed by atoms with Gasteiger partial charge in [-0.25, -0.2) is 21.6 Å². The largest absolute Gasteiger partial charge is 0.335 e. The van der Waals surface area contributed by atoms with E-state index in [0.29, 0.717) is 13.1 Å². The first kappa shape index (κ1) is 19.8. The van der Waals surface area contributed by atoms with Crippen LogP contribution in [0.25, 0.3) is 0 Å². The van der Waals surface area contributed by atoms with Crippen molar-refractivity contribution in [1.82, 2.24) is 9.03 Å². The van der Waals surface area contributed by atoms with Crippen molar-refractivity contribution in [2.24, 2.45) is 0 Å². The Morgan fingerprint density at radius 3 is 2.04 bits per heavy atom. The third-order valence-electron chi connectivity index (χ3n) is 5.27. The summed E-state index contributed by atoms with van der Waals surface area (Å²) in [5.41, 5.74) is 0. The fourth-order valence-electron chi connectivity index (χ4n) is 3.56. The number of hydrogen-bond acceptors (Lipinski definition) is 4. The SMILES string of the molecule is C[NH+]1CCN(S(=O)(=O)c2ccc(S(=O)(=O)NC3CCCCC3)cc2)CC1. The fourth-order valence-corrected chi connectivity index (χ4v) is 6.30. The van der Waals surface area contributed by atoms with Crippen molar-refractivity contribution in [3.05, 3.63) is 24.3 Å². The predicted molar refractivity (Wildman–Crippen MR) is 99.0 cm³/mol. The van der Waals surface area contributed by atoms with Crippen molar-refractivity contribution >= 4 is 20.0 Å². The summed E-state index contributed by atoms with van der Waals surface area (Å²) in [7, 11) is -5.14. The zero-order valence-electron chi connectivity index (χ0n) is 15.1. The summed E-state index contributed by atoms with van der Waals surface area (Å²) in [5, 5.41) is 0. The molecule has 0 amide bonds. The van der Waals surface area contributed by atoms with Gasteiger partial charge in [0.05, 0.1) is 43.0 Å². The highest BCUT2D eigenvalue weighted by Crippen LogP contribution is 2.22. The summed E-state index contributed by atoms with van der Waals surface area (Å²) >= 11 is 0. The third-order valence-corrected chi connectivity index (χ3v) is 8.72. The minimum absolute atomic E-state index is 0.0231. The molecule has 1 aliphatic carbocycles. The number of benzene rings is 1. The zero-order valence-corrected chi connectivity index (χ0v) is 16.8. The summed E-state index contributed by atoms with van der Waals surface area (Å²) in [6, 6.07) is 5.55. The van der Waals surface area contributed by atoms with Crippen LogP contribution in [-0.4, -0.2) is 60.4 Å². The molecule has 0 radical (unpaired) electrons. The molecule has 0 bridgehead atoms. The molecule has 146 valence electrons. The second kappa shape index (κ2) is 7.93. The van der Waals surface area contributed by atoms with Gasteiger partial charge in [-0.1, -0.05) is 19.3 Å². The molecule has 2 fully saturated rings. The van der Waals surface area contributed by atoms with E-state index in [1.54, 1.807) is 0 Å². The molecule has 0 atom stereocenters. The average Bonchev–Trinajstić information content (AvgIpc) is 2.63. The van der Waals surface area contributed by atoms with E-state index in [1.165, 1.54) is 33.5 Å². The number of nitrogens with zero attached hydrogens (tertiary/aromatic N) is 1. The molecule has 26 heavy (non-hydrogen) atoms. The molecule has 1 heterocycles. The van der Waals surface area contributed by atoms with Gasteiger partial charge in [0.2, 0.25) is 20.0 Å². The van der Waals surface area contributed by atoms with Crippen LogP contribution in [0.2, 0.25) is 0 Å². The Bertz CT molecular complexity index is 808. The van der Waals surface area contributed by atoms with E-state index in [0.717, 1.165) is 45.2 Å². The molecular formula is C17H28N3O4S2+. The molecule has 0 spiro atoms. The van der Waals surface area contributed by atoms with Crippen LogP contribution in [0.1, 0.15) is 32.1 Å². The summed E-state index contributed by atoms with van der Waals surface area (Å²) in [5.74, 6) is 0. The van der Waals surface area contributed by atoms with Gasteiger partial charge in [0.15, 0.2) is 0 Å². The molecule has 2 aliphatic rings. The Kier molecular flexibility index (Phi) is 6.03. The van der Waals surface area contributed by atoms with Crippen molar-refractivity contribution in [2.75, 3.05) is 33.2 Å². The number of quaternary nitrogens is 1. The van der Waals surface area contributed by atoms with Gasteiger partial charge in [-0.3, -0.25) is 0 Å². The minimum Gasteiger partial charge on any atom is -0.335 e. The molecule has 9 heteroatoms.